The van der Waals surface area contributed by atoms with Gasteiger partial charge < -0.3 is 4.74 Å². The zero-order valence-corrected chi connectivity index (χ0v) is 14.4. The Morgan fingerprint density at radius 2 is 1.86 bits per heavy atom. The molecule has 1 aliphatic rings. The maximum atomic E-state index is 13.1. The Labute approximate surface area is 132 Å². The molecule has 0 spiro atoms. The minimum Gasteiger partial charge on any atom is -0.378 e. The van der Waals surface area contributed by atoms with E-state index in [1.54, 1.807) is 0 Å². The van der Waals surface area contributed by atoms with Gasteiger partial charge in [-0.15, -0.1) is 0 Å². The predicted molar refractivity (Wildman–Crippen MR) is 84.4 cm³/mol. The van der Waals surface area contributed by atoms with Crippen LogP contribution in [-0.2, 0) is 19.6 Å². The smallest absolute Gasteiger partial charge is 0.244 e. The number of benzene rings is 1. The number of morpholine rings is 1. The van der Waals surface area contributed by atoms with Crippen LogP contribution in [-0.4, -0.2) is 44.3 Å². The molecule has 1 atom stereocenters. The van der Waals surface area contributed by atoms with E-state index >= 15 is 0 Å². The van der Waals surface area contributed by atoms with Crippen molar-refractivity contribution in [2.45, 2.75) is 45.1 Å². The van der Waals surface area contributed by atoms with Gasteiger partial charge in [-0.2, -0.15) is 4.31 Å². The summed E-state index contributed by atoms with van der Waals surface area (Å²) < 4.78 is 33.0. The average molecular weight is 325 g/mol. The van der Waals surface area contributed by atoms with E-state index in [0.29, 0.717) is 11.5 Å². The highest BCUT2D eigenvalue weighted by Crippen LogP contribution is 2.28. The molecule has 1 heterocycles. The van der Waals surface area contributed by atoms with E-state index in [1.807, 2.05) is 32.9 Å². The molecule has 0 N–H and O–H groups in total. The van der Waals surface area contributed by atoms with Crippen molar-refractivity contribution in [3.63, 3.8) is 0 Å². The third-order valence-corrected chi connectivity index (χ3v) is 6.13. The Morgan fingerprint density at radius 3 is 2.41 bits per heavy atom. The number of ketones is 1. The fourth-order valence-electron chi connectivity index (χ4n) is 3.14. The van der Waals surface area contributed by atoms with E-state index < -0.39 is 16.1 Å². The van der Waals surface area contributed by atoms with Crippen LogP contribution >= 0.6 is 0 Å². The van der Waals surface area contributed by atoms with Crippen LogP contribution in [0.25, 0.3) is 0 Å². The number of carbonyl (C=O) groups is 1. The van der Waals surface area contributed by atoms with Crippen molar-refractivity contribution in [1.29, 1.82) is 0 Å². The third-order valence-electron chi connectivity index (χ3n) is 3.87. The molecule has 0 aromatic heterocycles. The van der Waals surface area contributed by atoms with Crippen molar-refractivity contribution < 1.29 is 17.9 Å². The highest BCUT2D eigenvalue weighted by molar-refractivity contribution is 7.89. The molecule has 2 rings (SSSR count). The first-order chi connectivity index (χ1) is 10.2. The lowest BCUT2D eigenvalue weighted by Gasteiger charge is -2.34. The highest BCUT2D eigenvalue weighted by atomic mass is 32.2. The number of Topliss-reactive ketones (excluding diaryl/α,β-unsaturated/α-hetero) is 1. The number of rotatable bonds is 4. The quantitative estimate of drug-likeness (QED) is 0.849. The zero-order valence-electron chi connectivity index (χ0n) is 13.5. The summed E-state index contributed by atoms with van der Waals surface area (Å²) in [6, 6.07) is 3.33. The van der Waals surface area contributed by atoms with Gasteiger partial charge in [0.2, 0.25) is 10.0 Å². The minimum absolute atomic E-state index is 0.0342. The first-order valence-electron chi connectivity index (χ1n) is 7.40. The summed E-state index contributed by atoms with van der Waals surface area (Å²) in [4.78, 5) is 11.8. The van der Waals surface area contributed by atoms with E-state index in [2.05, 4.69) is 0 Å². The summed E-state index contributed by atoms with van der Waals surface area (Å²) in [5.74, 6) is -0.0342. The Kier molecular flexibility index (Phi) is 5.04. The van der Waals surface area contributed by atoms with Gasteiger partial charge in [0, 0.05) is 13.0 Å². The molecule has 1 unspecified atom stereocenters. The number of carbonyl (C=O) groups excluding carboxylic acids is 1. The summed E-state index contributed by atoms with van der Waals surface area (Å²) in [5, 5.41) is 0. The lowest BCUT2D eigenvalue weighted by Crippen LogP contribution is -2.49. The average Bonchev–Trinajstić information content (AvgIpc) is 2.36. The second kappa shape index (κ2) is 6.48. The van der Waals surface area contributed by atoms with E-state index in [-0.39, 0.29) is 25.4 Å². The molecule has 6 heteroatoms. The van der Waals surface area contributed by atoms with Gasteiger partial charge in [0.15, 0.2) is 0 Å². The highest BCUT2D eigenvalue weighted by Gasteiger charge is 2.36. The number of sulfonamides is 1. The van der Waals surface area contributed by atoms with Gasteiger partial charge in [-0.3, -0.25) is 4.79 Å². The van der Waals surface area contributed by atoms with Crippen molar-refractivity contribution in [2.24, 2.45) is 0 Å². The molecule has 1 aliphatic heterocycles. The monoisotopic (exact) mass is 325 g/mol. The van der Waals surface area contributed by atoms with Crippen LogP contribution in [0.4, 0.5) is 0 Å². The largest absolute Gasteiger partial charge is 0.378 e. The van der Waals surface area contributed by atoms with Crippen LogP contribution in [0, 0.1) is 20.8 Å². The number of hydrogen-bond acceptors (Lipinski definition) is 4. The van der Waals surface area contributed by atoms with E-state index in [0.717, 1.165) is 16.7 Å². The summed E-state index contributed by atoms with van der Waals surface area (Å²) in [7, 11) is -3.63. The molecular formula is C16H23NO4S. The van der Waals surface area contributed by atoms with E-state index in [4.69, 9.17) is 4.74 Å². The van der Waals surface area contributed by atoms with Crippen molar-refractivity contribution in [1.82, 2.24) is 4.31 Å². The van der Waals surface area contributed by atoms with Gasteiger partial charge in [-0.25, -0.2) is 8.42 Å². The van der Waals surface area contributed by atoms with E-state index in [9.17, 15) is 13.2 Å². The van der Waals surface area contributed by atoms with Crippen molar-refractivity contribution >= 4 is 15.8 Å². The molecule has 0 bridgehead atoms. The summed E-state index contributed by atoms with van der Waals surface area (Å²) >= 11 is 0. The first kappa shape index (κ1) is 17.1. The van der Waals surface area contributed by atoms with Crippen LogP contribution in [0.3, 0.4) is 0 Å². The molecule has 1 aromatic rings. The molecule has 0 amide bonds. The topological polar surface area (TPSA) is 63.7 Å². The molecular weight excluding hydrogens is 302 g/mol. The maximum Gasteiger partial charge on any atom is 0.244 e. The van der Waals surface area contributed by atoms with Crippen molar-refractivity contribution in [3.8, 4) is 0 Å². The third kappa shape index (κ3) is 3.39. The van der Waals surface area contributed by atoms with Gasteiger partial charge in [0.05, 0.1) is 24.2 Å². The van der Waals surface area contributed by atoms with Crippen LogP contribution < -0.4 is 0 Å². The van der Waals surface area contributed by atoms with Gasteiger partial charge in [0.25, 0.3) is 0 Å². The molecule has 0 radical (unpaired) electrons. The number of nitrogens with zero attached hydrogens (tertiary/aromatic N) is 1. The van der Waals surface area contributed by atoms with Gasteiger partial charge in [-0.05, 0) is 38.8 Å². The van der Waals surface area contributed by atoms with Crippen LogP contribution in [0.2, 0.25) is 0 Å². The summed E-state index contributed by atoms with van der Waals surface area (Å²) in [5.41, 5.74) is 2.52. The minimum atomic E-state index is -3.63. The number of ether oxygens (including phenoxy) is 1. The first-order valence-corrected chi connectivity index (χ1v) is 8.84. The number of hydrogen-bond donors (Lipinski definition) is 0. The van der Waals surface area contributed by atoms with E-state index in [1.165, 1.54) is 11.2 Å². The Bertz CT molecular complexity index is 658. The van der Waals surface area contributed by atoms with Gasteiger partial charge >= 0.3 is 0 Å². The SMILES string of the molecule is CC(=O)CC1COCCN1S(=O)(=O)c1c(C)cc(C)cc1C. The predicted octanol–water partition coefficient (Wildman–Crippen LogP) is 1.98. The normalized spacial score (nSPS) is 20.1. The molecule has 0 aliphatic carbocycles. The van der Waals surface area contributed by atoms with Crippen molar-refractivity contribution in [3.05, 3.63) is 28.8 Å². The zero-order chi connectivity index (χ0) is 16.5. The molecule has 5 nitrogen and oxygen atoms in total. The molecule has 1 fully saturated rings. The van der Waals surface area contributed by atoms with Crippen LogP contribution in [0.15, 0.2) is 17.0 Å². The summed E-state index contributed by atoms with van der Waals surface area (Å²) in [6.45, 7) is 7.96. The fourth-order valence-corrected chi connectivity index (χ4v) is 5.15. The van der Waals surface area contributed by atoms with Crippen molar-refractivity contribution in [2.75, 3.05) is 19.8 Å². The van der Waals surface area contributed by atoms with Gasteiger partial charge in [0.1, 0.15) is 5.78 Å². The summed E-state index contributed by atoms with van der Waals surface area (Å²) in [6.07, 6.45) is 0.184. The Morgan fingerprint density at radius 1 is 1.27 bits per heavy atom. The standard InChI is InChI=1S/C16H23NO4S/c1-11-7-12(2)16(13(3)8-11)22(19,20)17-5-6-21-10-15(17)9-14(4)18/h7-8,15H,5-6,9-10H2,1-4H3. The Hall–Kier alpha value is -1.24. The van der Waals surface area contributed by atoms with Gasteiger partial charge in [-0.1, -0.05) is 17.7 Å². The lowest BCUT2D eigenvalue weighted by atomic mass is 10.1. The molecule has 122 valence electrons. The molecule has 22 heavy (non-hydrogen) atoms. The number of aryl methyl sites for hydroxylation is 3. The van der Waals surface area contributed by atoms with Crippen LogP contribution in [0.1, 0.15) is 30.0 Å². The maximum absolute atomic E-state index is 13.1. The Balaban J connectivity index is 2.46. The second-order valence-corrected chi connectivity index (χ2v) is 7.81. The molecule has 1 aromatic carbocycles. The lowest BCUT2D eigenvalue weighted by molar-refractivity contribution is -0.118. The second-order valence-electron chi connectivity index (χ2n) is 5.98. The fraction of sp³-hybridized carbons (Fsp3) is 0.562. The van der Waals surface area contributed by atoms with Crippen LogP contribution in [0.5, 0.6) is 0 Å². The molecule has 1 saturated heterocycles. The molecule has 0 saturated carbocycles.